The number of nitrogens with zero attached hydrogens (tertiary/aromatic N) is 2. The third-order valence-electron chi connectivity index (χ3n) is 3.05. The summed E-state index contributed by atoms with van der Waals surface area (Å²) < 4.78 is 6.36. The topological polar surface area (TPSA) is 64.9 Å². The van der Waals surface area contributed by atoms with E-state index in [-0.39, 0.29) is 6.04 Å². The van der Waals surface area contributed by atoms with E-state index < -0.39 is 0 Å². The maximum absolute atomic E-state index is 5.98. The summed E-state index contributed by atoms with van der Waals surface area (Å²) in [5, 5.41) is 4.02. The van der Waals surface area contributed by atoms with Crippen molar-refractivity contribution in [3.63, 3.8) is 0 Å². The van der Waals surface area contributed by atoms with Gasteiger partial charge in [0.1, 0.15) is 0 Å². The number of aromatic nitrogens is 2. The predicted octanol–water partition coefficient (Wildman–Crippen LogP) is 3.92. The van der Waals surface area contributed by atoms with E-state index in [1.807, 2.05) is 26.0 Å². The Bertz CT molecular complexity index is 557. The first kappa shape index (κ1) is 14.2. The van der Waals surface area contributed by atoms with E-state index in [1.54, 1.807) is 0 Å². The van der Waals surface area contributed by atoms with Gasteiger partial charge in [0.25, 0.3) is 0 Å². The second-order valence-corrected chi connectivity index (χ2v) is 5.57. The summed E-state index contributed by atoms with van der Waals surface area (Å²) in [6.07, 6.45) is 1.84. The van der Waals surface area contributed by atoms with Gasteiger partial charge in [-0.2, -0.15) is 4.98 Å². The van der Waals surface area contributed by atoms with Gasteiger partial charge in [-0.3, -0.25) is 0 Å². The highest BCUT2D eigenvalue weighted by Gasteiger charge is 2.15. The Morgan fingerprint density at radius 3 is 2.53 bits per heavy atom. The van der Waals surface area contributed by atoms with Crippen LogP contribution in [0.15, 0.2) is 21.1 Å². The van der Waals surface area contributed by atoms with E-state index in [2.05, 4.69) is 33.0 Å². The SMILES string of the molecule is CCCC(N)c1nc(-c2cc(C)c(Br)c(C)c2)no1. The van der Waals surface area contributed by atoms with Crippen molar-refractivity contribution in [1.82, 2.24) is 10.1 Å². The summed E-state index contributed by atoms with van der Waals surface area (Å²) in [4.78, 5) is 4.39. The summed E-state index contributed by atoms with van der Waals surface area (Å²) in [7, 11) is 0. The molecule has 0 saturated carbocycles. The lowest BCUT2D eigenvalue weighted by Gasteiger charge is -2.05. The first-order chi connectivity index (χ1) is 9.02. The van der Waals surface area contributed by atoms with Crippen molar-refractivity contribution in [2.45, 2.75) is 39.7 Å². The van der Waals surface area contributed by atoms with Crippen LogP contribution in [0.4, 0.5) is 0 Å². The Morgan fingerprint density at radius 1 is 1.32 bits per heavy atom. The van der Waals surface area contributed by atoms with Gasteiger partial charge >= 0.3 is 0 Å². The Balaban J connectivity index is 2.33. The highest BCUT2D eigenvalue weighted by Crippen LogP contribution is 2.27. The van der Waals surface area contributed by atoms with Crippen LogP contribution in [0, 0.1) is 13.8 Å². The van der Waals surface area contributed by atoms with E-state index in [0.29, 0.717) is 11.7 Å². The molecule has 2 N–H and O–H groups in total. The fraction of sp³-hybridized carbons (Fsp3) is 0.429. The van der Waals surface area contributed by atoms with E-state index >= 15 is 0 Å². The molecule has 1 atom stereocenters. The van der Waals surface area contributed by atoms with Gasteiger partial charge in [-0.15, -0.1) is 0 Å². The standard InChI is InChI=1S/C14H18BrN3O/c1-4-5-11(16)14-17-13(18-19-14)10-6-8(2)12(15)9(3)7-10/h6-7,11H,4-5,16H2,1-3H3. The van der Waals surface area contributed by atoms with E-state index in [4.69, 9.17) is 10.3 Å². The van der Waals surface area contributed by atoms with Crippen LogP contribution in [0.2, 0.25) is 0 Å². The molecule has 0 spiro atoms. The van der Waals surface area contributed by atoms with Gasteiger partial charge in [0.2, 0.25) is 11.7 Å². The lowest BCUT2D eigenvalue weighted by molar-refractivity contribution is 0.348. The first-order valence-electron chi connectivity index (χ1n) is 6.39. The summed E-state index contributed by atoms with van der Waals surface area (Å²) in [5.41, 5.74) is 9.24. The zero-order valence-corrected chi connectivity index (χ0v) is 13.0. The first-order valence-corrected chi connectivity index (χ1v) is 7.18. The largest absolute Gasteiger partial charge is 0.337 e. The van der Waals surface area contributed by atoms with Crippen molar-refractivity contribution in [3.8, 4) is 11.4 Å². The zero-order valence-electron chi connectivity index (χ0n) is 11.4. The Morgan fingerprint density at radius 2 is 1.95 bits per heavy atom. The average Bonchev–Trinajstić information content (AvgIpc) is 2.85. The Kier molecular flexibility index (Phi) is 4.37. The molecule has 2 rings (SSSR count). The maximum atomic E-state index is 5.98. The van der Waals surface area contributed by atoms with Crippen molar-refractivity contribution in [3.05, 3.63) is 33.6 Å². The van der Waals surface area contributed by atoms with Crippen molar-refractivity contribution in [1.29, 1.82) is 0 Å². The molecule has 4 nitrogen and oxygen atoms in total. The second kappa shape index (κ2) is 5.84. The molecule has 0 fully saturated rings. The molecular formula is C14H18BrN3O. The molecule has 0 aliphatic heterocycles. The fourth-order valence-electron chi connectivity index (χ4n) is 2.01. The molecule has 0 bridgehead atoms. The molecule has 1 aromatic carbocycles. The smallest absolute Gasteiger partial charge is 0.243 e. The minimum absolute atomic E-state index is 0.177. The van der Waals surface area contributed by atoms with Gasteiger partial charge in [-0.05, 0) is 43.5 Å². The Labute approximate surface area is 121 Å². The number of halogens is 1. The molecule has 1 aromatic heterocycles. The molecule has 1 unspecified atom stereocenters. The molecule has 0 aliphatic rings. The summed E-state index contributed by atoms with van der Waals surface area (Å²) in [6.45, 7) is 6.17. The van der Waals surface area contributed by atoms with Crippen molar-refractivity contribution >= 4 is 15.9 Å². The number of hydrogen-bond acceptors (Lipinski definition) is 4. The monoisotopic (exact) mass is 323 g/mol. The van der Waals surface area contributed by atoms with Crippen molar-refractivity contribution in [2.24, 2.45) is 5.73 Å². The molecule has 0 amide bonds. The minimum Gasteiger partial charge on any atom is -0.337 e. The number of aryl methyl sites for hydroxylation is 2. The fourth-order valence-corrected chi connectivity index (χ4v) is 2.24. The van der Waals surface area contributed by atoms with Gasteiger partial charge in [-0.1, -0.05) is 34.4 Å². The molecule has 2 aromatic rings. The number of benzene rings is 1. The third kappa shape index (κ3) is 3.04. The number of hydrogen-bond donors (Lipinski definition) is 1. The van der Waals surface area contributed by atoms with E-state index in [9.17, 15) is 0 Å². The van der Waals surface area contributed by atoms with Gasteiger partial charge in [0, 0.05) is 10.0 Å². The maximum Gasteiger partial charge on any atom is 0.243 e. The molecule has 5 heteroatoms. The summed E-state index contributed by atoms with van der Waals surface area (Å²) >= 11 is 3.55. The van der Waals surface area contributed by atoms with Crippen molar-refractivity contribution < 1.29 is 4.52 Å². The van der Waals surface area contributed by atoms with Crippen LogP contribution in [0.25, 0.3) is 11.4 Å². The molecule has 19 heavy (non-hydrogen) atoms. The Hall–Kier alpha value is -1.20. The molecule has 0 saturated heterocycles. The normalized spacial score (nSPS) is 12.7. The molecular weight excluding hydrogens is 306 g/mol. The lowest BCUT2D eigenvalue weighted by atomic mass is 10.1. The quantitative estimate of drug-likeness (QED) is 0.926. The highest BCUT2D eigenvalue weighted by atomic mass is 79.9. The van der Waals surface area contributed by atoms with Crippen LogP contribution in [0.5, 0.6) is 0 Å². The van der Waals surface area contributed by atoms with Crippen LogP contribution in [0.3, 0.4) is 0 Å². The number of rotatable bonds is 4. The van der Waals surface area contributed by atoms with Crippen molar-refractivity contribution in [2.75, 3.05) is 0 Å². The third-order valence-corrected chi connectivity index (χ3v) is 4.30. The summed E-state index contributed by atoms with van der Waals surface area (Å²) in [6, 6.07) is 3.90. The average molecular weight is 324 g/mol. The van der Waals surface area contributed by atoms with Gasteiger partial charge in [-0.25, -0.2) is 0 Å². The van der Waals surface area contributed by atoms with Gasteiger partial charge in [0.15, 0.2) is 0 Å². The zero-order chi connectivity index (χ0) is 14.0. The van der Waals surface area contributed by atoms with Crippen LogP contribution in [-0.2, 0) is 0 Å². The summed E-state index contributed by atoms with van der Waals surface area (Å²) in [5.74, 6) is 1.11. The molecule has 0 radical (unpaired) electrons. The van der Waals surface area contributed by atoms with Crippen LogP contribution < -0.4 is 5.73 Å². The second-order valence-electron chi connectivity index (χ2n) is 4.78. The lowest BCUT2D eigenvalue weighted by Crippen LogP contribution is -2.09. The molecule has 0 aliphatic carbocycles. The van der Waals surface area contributed by atoms with Crippen LogP contribution in [0.1, 0.15) is 42.8 Å². The van der Waals surface area contributed by atoms with E-state index in [0.717, 1.165) is 34.0 Å². The molecule has 1 heterocycles. The number of nitrogens with two attached hydrogens (primary N) is 1. The van der Waals surface area contributed by atoms with E-state index in [1.165, 1.54) is 0 Å². The predicted molar refractivity (Wildman–Crippen MR) is 78.7 cm³/mol. The van der Waals surface area contributed by atoms with Crippen LogP contribution in [-0.4, -0.2) is 10.1 Å². The minimum atomic E-state index is -0.177. The van der Waals surface area contributed by atoms with Crippen LogP contribution >= 0.6 is 15.9 Å². The highest BCUT2D eigenvalue weighted by molar-refractivity contribution is 9.10. The molecule has 102 valence electrons. The van der Waals surface area contributed by atoms with Gasteiger partial charge in [0.05, 0.1) is 6.04 Å². The van der Waals surface area contributed by atoms with Gasteiger partial charge < -0.3 is 10.3 Å².